The minimum atomic E-state index is -3.03. The molecule has 0 aliphatic carbocycles. The Kier molecular flexibility index (Phi) is 8.06. The van der Waals surface area contributed by atoms with Gasteiger partial charge >= 0.3 is 0 Å². The fourth-order valence-electron chi connectivity index (χ4n) is 4.61. The van der Waals surface area contributed by atoms with Gasteiger partial charge < -0.3 is 10.2 Å². The molecule has 4 aromatic rings. The molecule has 5 rings (SSSR count). The number of H-pyrrole nitrogens is 1. The summed E-state index contributed by atoms with van der Waals surface area (Å²) in [6.45, 7) is 3.27. The van der Waals surface area contributed by atoms with Crippen LogP contribution in [0.1, 0.15) is 39.3 Å². The van der Waals surface area contributed by atoms with Crippen LogP contribution in [0.4, 0.5) is 11.4 Å². The van der Waals surface area contributed by atoms with Crippen molar-refractivity contribution in [1.29, 1.82) is 0 Å². The smallest absolute Gasteiger partial charge is 0.266 e. The Morgan fingerprint density at radius 2 is 1.89 bits per heavy atom. The van der Waals surface area contributed by atoms with Gasteiger partial charge in [-0.3, -0.25) is 9.89 Å². The number of halogens is 1. The van der Waals surface area contributed by atoms with E-state index in [1.807, 2.05) is 73.0 Å². The highest BCUT2D eigenvalue weighted by Crippen LogP contribution is 2.30. The number of piperidine rings is 1. The SMILES string of the molecule is Cc1ccsc1C(=O)Nc1ccc(N2CCC(S(C)(=O)=O)CC2)cc1/C=C/c1n[nH]c2ccccc12.Cl. The summed E-state index contributed by atoms with van der Waals surface area (Å²) in [5.41, 5.74) is 5.28. The number of amides is 1. The van der Waals surface area contributed by atoms with Gasteiger partial charge in [-0.2, -0.15) is 5.10 Å². The molecule has 194 valence electrons. The van der Waals surface area contributed by atoms with Crippen molar-refractivity contribution in [3.63, 3.8) is 0 Å². The largest absolute Gasteiger partial charge is 0.371 e. The Morgan fingerprint density at radius 3 is 2.59 bits per heavy atom. The average Bonchev–Trinajstić information content (AvgIpc) is 3.49. The van der Waals surface area contributed by atoms with Gasteiger partial charge in [0.25, 0.3) is 5.91 Å². The van der Waals surface area contributed by atoms with E-state index < -0.39 is 9.84 Å². The maximum absolute atomic E-state index is 13.0. The lowest BCUT2D eigenvalue weighted by atomic mass is 10.1. The van der Waals surface area contributed by atoms with Crippen LogP contribution in [0.25, 0.3) is 23.1 Å². The number of aromatic amines is 1. The maximum Gasteiger partial charge on any atom is 0.266 e. The first-order valence-corrected chi connectivity index (χ1v) is 14.7. The third-order valence-electron chi connectivity index (χ3n) is 6.68. The quantitative estimate of drug-likeness (QED) is 0.313. The van der Waals surface area contributed by atoms with Crippen LogP contribution >= 0.6 is 23.7 Å². The molecule has 2 N–H and O–H groups in total. The van der Waals surface area contributed by atoms with Gasteiger partial charge in [-0.1, -0.05) is 24.3 Å². The van der Waals surface area contributed by atoms with Crippen molar-refractivity contribution in [2.24, 2.45) is 0 Å². The van der Waals surface area contributed by atoms with E-state index in [4.69, 9.17) is 0 Å². The van der Waals surface area contributed by atoms with Crippen LogP contribution in [0.3, 0.4) is 0 Å². The molecule has 2 aromatic heterocycles. The minimum Gasteiger partial charge on any atom is -0.371 e. The molecule has 37 heavy (non-hydrogen) atoms. The first-order valence-electron chi connectivity index (χ1n) is 11.8. The molecular formula is C27H29ClN4O3S2. The maximum atomic E-state index is 13.0. The number of carbonyl (C=O) groups is 1. The zero-order valence-corrected chi connectivity index (χ0v) is 23.1. The molecule has 0 spiro atoms. The van der Waals surface area contributed by atoms with E-state index in [9.17, 15) is 13.2 Å². The number of carbonyl (C=O) groups excluding carboxylic acids is 1. The Hall–Kier alpha value is -3.14. The third kappa shape index (κ3) is 5.89. The van der Waals surface area contributed by atoms with Crippen molar-refractivity contribution < 1.29 is 13.2 Å². The lowest BCUT2D eigenvalue weighted by Gasteiger charge is -2.33. The fourth-order valence-corrected chi connectivity index (χ4v) is 6.49. The predicted molar refractivity (Wildman–Crippen MR) is 156 cm³/mol. The lowest BCUT2D eigenvalue weighted by molar-refractivity contribution is 0.103. The zero-order valence-electron chi connectivity index (χ0n) is 20.6. The number of nitrogens with zero attached hydrogens (tertiary/aromatic N) is 2. The van der Waals surface area contributed by atoms with Crippen LogP contribution < -0.4 is 10.2 Å². The number of hydrogen-bond acceptors (Lipinski definition) is 6. The number of para-hydroxylation sites is 1. The summed E-state index contributed by atoms with van der Waals surface area (Å²) in [5.74, 6) is -0.135. The van der Waals surface area contributed by atoms with Gasteiger partial charge in [0.2, 0.25) is 0 Å². The lowest BCUT2D eigenvalue weighted by Crippen LogP contribution is -2.39. The Balaban J connectivity index is 0.00000320. The summed E-state index contributed by atoms with van der Waals surface area (Å²) in [5, 5.41) is 13.2. The van der Waals surface area contributed by atoms with Crippen LogP contribution in [-0.4, -0.2) is 49.1 Å². The molecule has 1 fully saturated rings. The monoisotopic (exact) mass is 556 g/mol. The Morgan fingerprint density at radius 1 is 1.14 bits per heavy atom. The van der Waals surface area contributed by atoms with Gasteiger partial charge in [0.05, 0.1) is 21.3 Å². The van der Waals surface area contributed by atoms with Gasteiger partial charge in [-0.05, 0) is 67.1 Å². The predicted octanol–water partition coefficient (Wildman–Crippen LogP) is 5.79. The van der Waals surface area contributed by atoms with Gasteiger partial charge in [0.15, 0.2) is 0 Å². The standard InChI is InChI=1S/C27H28N4O3S2.ClH/c1-18-13-16-35-26(18)27(32)28-23-10-8-20(31-14-11-21(12-15-31)36(2,33)34)17-19(23)7-9-25-22-5-3-4-6-24(22)29-30-25;/h3-10,13,16-17,21H,11-12,14-15H2,1-2H3,(H,28,32)(H,29,30);1H/b9-7+;. The molecule has 0 saturated carbocycles. The average molecular weight is 557 g/mol. The number of aryl methyl sites for hydroxylation is 1. The van der Waals surface area contributed by atoms with Crippen molar-refractivity contribution in [1.82, 2.24) is 10.2 Å². The first-order chi connectivity index (χ1) is 17.3. The minimum absolute atomic E-state index is 0. The van der Waals surface area contributed by atoms with Gasteiger partial charge in [0.1, 0.15) is 9.84 Å². The number of nitrogens with one attached hydrogen (secondary N) is 2. The molecule has 1 aliphatic rings. The summed E-state index contributed by atoms with van der Waals surface area (Å²) < 4.78 is 23.9. The fraction of sp³-hybridized carbons (Fsp3) is 0.259. The number of hydrogen-bond donors (Lipinski definition) is 2. The van der Waals surface area contributed by atoms with E-state index in [2.05, 4.69) is 20.4 Å². The number of anilines is 2. The van der Waals surface area contributed by atoms with Crippen LogP contribution in [0.5, 0.6) is 0 Å². The van der Waals surface area contributed by atoms with Crippen molar-refractivity contribution in [3.8, 4) is 0 Å². The van der Waals surface area contributed by atoms with Crippen LogP contribution in [0.2, 0.25) is 0 Å². The van der Waals surface area contributed by atoms with Crippen LogP contribution in [0.15, 0.2) is 53.9 Å². The number of aromatic nitrogens is 2. The summed E-state index contributed by atoms with van der Waals surface area (Å²) in [6.07, 6.45) is 6.45. The zero-order chi connectivity index (χ0) is 25.3. The molecule has 7 nitrogen and oxygen atoms in total. The van der Waals surface area contributed by atoms with Crippen LogP contribution in [0, 0.1) is 6.92 Å². The molecule has 3 heterocycles. The molecule has 1 saturated heterocycles. The molecular weight excluding hydrogens is 528 g/mol. The second-order valence-electron chi connectivity index (χ2n) is 9.16. The summed E-state index contributed by atoms with van der Waals surface area (Å²) >= 11 is 1.42. The van der Waals surface area contributed by atoms with Crippen LogP contribution in [-0.2, 0) is 9.84 Å². The molecule has 1 aliphatic heterocycles. The Bertz CT molecular complexity index is 1550. The molecule has 10 heteroatoms. The molecule has 2 aromatic carbocycles. The topological polar surface area (TPSA) is 95.2 Å². The number of fused-ring (bicyclic) bond motifs is 1. The first kappa shape index (κ1) is 26.9. The van der Waals surface area contributed by atoms with E-state index in [0.717, 1.165) is 33.4 Å². The van der Waals surface area contributed by atoms with Crippen molar-refractivity contribution in [3.05, 3.63) is 75.6 Å². The highest BCUT2D eigenvalue weighted by Gasteiger charge is 2.27. The van der Waals surface area contributed by atoms with Crippen molar-refractivity contribution in [2.75, 3.05) is 29.6 Å². The van der Waals surface area contributed by atoms with Crippen molar-refractivity contribution >= 4 is 73.9 Å². The van der Waals surface area contributed by atoms with E-state index >= 15 is 0 Å². The highest BCUT2D eigenvalue weighted by atomic mass is 35.5. The second-order valence-corrected chi connectivity index (χ2v) is 12.4. The summed E-state index contributed by atoms with van der Waals surface area (Å²) in [6, 6.07) is 15.8. The van der Waals surface area contributed by atoms with Crippen molar-refractivity contribution in [2.45, 2.75) is 25.0 Å². The highest BCUT2D eigenvalue weighted by molar-refractivity contribution is 7.91. The number of thiophene rings is 1. The van der Waals surface area contributed by atoms with Gasteiger partial charge in [-0.15, -0.1) is 23.7 Å². The normalized spacial score (nSPS) is 14.7. The van der Waals surface area contributed by atoms with Gasteiger partial charge in [-0.25, -0.2) is 8.42 Å². The van der Waals surface area contributed by atoms with E-state index in [1.54, 1.807) is 0 Å². The molecule has 0 unspecified atom stereocenters. The second kappa shape index (κ2) is 11.1. The van der Waals surface area contributed by atoms with E-state index in [-0.39, 0.29) is 23.6 Å². The van der Waals surface area contributed by atoms with E-state index in [0.29, 0.717) is 36.5 Å². The number of rotatable bonds is 6. The summed E-state index contributed by atoms with van der Waals surface area (Å²) in [4.78, 5) is 15.9. The molecule has 1 amide bonds. The third-order valence-corrected chi connectivity index (χ3v) is 9.38. The Labute approximate surface area is 226 Å². The van der Waals surface area contributed by atoms with E-state index in [1.165, 1.54) is 17.6 Å². The molecule has 0 atom stereocenters. The molecule has 0 bridgehead atoms. The van der Waals surface area contributed by atoms with Gasteiger partial charge in [0, 0.05) is 41.7 Å². The number of sulfone groups is 1. The summed E-state index contributed by atoms with van der Waals surface area (Å²) in [7, 11) is -3.03. The molecule has 0 radical (unpaired) electrons. The number of benzene rings is 2.